The number of ether oxygens (including phenoxy) is 1. The van der Waals surface area contributed by atoms with Crippen LogP contribution in [0.4, 0.5) is 4.79 Å². The minimum absolute atomic E-state index is 0.179. The zero-order chi connectivity index (χ0) is 21.9. The van der Waals surface area contributed by atoms with Gasteiger partial charge in [-0.15, -0.1) is 0 Å². The number of carbonyl (C=O) groups excluding carboxylic acids is 2. The summed E-state index contributed by atoms with van der Waals surface area (Å²) in [5, 5.41) is 3.40. The van der Waals surface area contributed by atoms with E-state index < -0.39 is 0 Å². The summed E-state index contributed by atoms with van der Waals surface area (Å²) in [7, 11) is 0. The quantitative estimate of drug-likeness (QED) is 0.758. The van der Waals surface area contributed by atoms with Crippen molar-refractivity contribution in [1.29, 1.82) is 0 Å². The maximum absolute atomic E-state index is 12.8. The van der Waals surface area contributed by atoms with Crippen LogP contribution in [0.2, 0.25) is 0 Å². The van der Waals surface area contributed by atoms with E-state index in [-0.39, 0.29) is 12.0 Å². The molecule has 2 saturated carbocycles. The van der Waals surface area contributed by atoms with Crippen molar-refractivity contribution < 1.29 is 14.3 Å². The lowest BCUT2D eigenvalue weighted by atomic mass is 9.91. The fourth-order valence-electron chi connectivity index (χ4n) is 6.47. The Bertz CT molecular complexity index is 785. The summed E-state index contributed by atoms with van der Waals surface area (Å²) in [6.45, 7) is 3.83. The van der Waals surface area contributed by atoms with Crippen LogP contribution in [0, 0.1) is 17.8 Å². The highest BCUT2D eigenvalue weighted by Gasteiger charge is 2.41. The van der Waals surface area contributed by atoms with Crippen LogP contribution in [0.3, 0.4) is 0 Å². The summed E-state index contributed by atoms with van der Waals surface area (Å²) in [5.74, 6) is 2.10. The van der Waals surface area contributed by atoms with E-state index in [1.54, 1.807) is 0 Å². The molecular formula is C26H37N3O3. The van der Waals surface area contributed by atoms with Gasteiger partial charge in [-0.2, -0.15) is 0 Å². The lowest BCUT2D eigenvalue weighted by molar-refractivity contribution is -0.127. The summed E-state index contributed by atoms with van der Waals surface area (Å²) in [5.41, 5.74) is 1.02. The van der Waals surface area contributed by atoms with E-state index in [1.807, 2.05) is 35.2 Å². The molecule has 3 atom stereocenters. The third kappa shape index (κ3) is 4.95. The van der Waals surface area contributed by atoms with Crippen molar-refractivity contribution >= 4 is 12.0 Å². The van der Waals surface area contributed by atoms with Gasteiger partial charge in [-0.25, -0.2) is 4.79 Å². The molecule has 1 aromatic rings. The normalized spacial score (nSPS) is 29.2. The molecule has 5 rings (SSSR count). The number of benzene rings is 1. The second kappa shape index (κ2) is 9.82. The molecule has 0 radical (unpaired) electrons. The van der Waals surface area contributed by atoms with Crippen LogP contribution in [0.1, 0.15) is 56.9 Å². The second-order valence-corrected chi connectivity index (χ2v) is 10.4. The highest BCUT2D eigenvalue weighted by Crippen LogP contribution is 2.44. The number of amides is 2. The lowest BCUT2D eigenvalue weighted by Crippen LogP contribution is -2.51. The summed E-state index contributed by atoms with van der Waals surface area (Å²) in [6.07, 6.45) is 8.93. The lowest BCUT2D eigenvalue weighted by Gasteiger charge is -2.41. The first-order chi connectivity index (χ1) is 15.7. The molecule has 3 unspecified atom stereocenters. The molecule has 6 nitrogen and oxygen atoms in total. The Kier molecular flexibility index (Phi) is 6.67. The smallest absolute Gasteiger partial charge is 0.410 e. The van der Waals surface area contributed by atoms with Crippen molar-refractivity contribution in [1.82, 2.24) is 15.1 Å². The molecule has 1 aromatic carbocycles. The highest BCUT2D eigenvalue weighted by molar-refractivity contribution is 5.79. The van der Waals surface area contributed by atoms with Gasteiger partial charge in [0.25, 0.3) is 0 Å². The molecule has 1 N–H and O–H groups in total. The van der Waals surface area contributed by atoms with E-state index >= 15 is 0 Å². The van der Waals surface area contributed by atoms with E-state index in [0.29, 0.717) is 24.6 Å². The fraction of sp³-hybridized carbons (Fsp3) is 0.692. The third-order valence-electron chi connectivity index (χ3n) is 8.41. The van der Waals surface area contributed by atoms with Crippen LogP contribution >= 0.6 is 0 Å². The van der Waals surface area contributed by atoms with Gasteiger partial charge in [0.15, 0.2) is 0 Å². The Balaban J connectivity index is 1.01. The van der Waals surface area contributed by atoms with Crippen molar-refractivity contribution in [2.45, 2.75) is 70.1 Å². The zero-order valence-corrected chi connectivity index (χ0v) is 19.1. The van der Waals surface area contributed by atoms with Crippen LogP contribution in [-0.4, -0.2) is 60.1 Å². The Morgan fingerprint density at radius 2 is 1.66 bits per heavy atom. The van der Waals surface area contributed by atoms with Gasteiger partial charge in [-0.3, -0.25) is 4.79 Å². The van der Waals surface area contributed by atoms with Gasteiger partial charge in [0, 0.05) is 31.1 Å². The minimum Gasteiger partial charge on any atom is -0.445 e. The van der Waals surface area contributed by atoms with E-state index in [9.17, 15) is 9.59 Å². The number of nitrogens with one attached hydrogen (secondary N) is 1. The van der Waals surface area contributed by atoms with Gasteiger partial charge in [0.05, 0.1) is 0 Å². The Morgan fingerprint density at radius 1 is 0.906 bits per heavy atom. The largest absolute Gasteiger partial charge is 0.445 e. The first-order valence-electron chi connectivity index (χ1n) is 12.7. The molecule has 2 amide bonds. The number of nitrogens with zero attached hydrogens (tertiary/aromatic N) is 2. The number of hydrogen-bond donors (Lipinski definition) is 1. The summed E-state index contributed by atoms with van der Waals surface area (Å²) < 4.78 is 5.49. The summed E-state index contributed by atoms with van der Waals surface area (Å²) in [6, 6.07) is 10.8. The van der Waals surface area contributed by atoms with E-state index in [1.165, 1.54) is 25.7 Å². The molecule has 4 fully saturated rings. The molecule has 4 aliphatic rings. The highest BCUT2D eigenvalue weighted by atomic mass is 16.6. The van der Waals surface area contributed by atoms with E-state index in [4.69, 9.17) is 4.74 Å². The van der Waals surface area contributed by atoms with Crippen molar-refractivity contribution in [2.24, 2.45) is 17.8 Å². The average Bonchev–Trinajstić information content (AvgIpc) is 3.47. The van der Waals surface area contributed by atoms with E-state index in [0.717, 1.165) is 69.3 Å². The molecule has 6 heteroatoms. The average molecular weight is 440 g/mol. The van der Waals surface area contributed by atoms with Crippen LogP contribution in [0.15, 0.2) is 30.3 Å². The second-order valence-electron chi connectivity index (χ2n) is 10.4. The first kappa shape index (κ1) is 21.7. The predicted molar refractivity (Wildman–Crippen MR) is 123 cm³/mol. The number of carbonyl (C=O) groups is 2. The van der Waals surface area contributed by atoms with Crippen molar-refractivity contribution in [3.05, 3.63) is 35.9 Å². The van der Waals surface area contributed by atoms with Gasteiger partial charge in [-0.05, 0) is 75.4 Å². The Labute approximate surface area is 191 Å². The molecule has 174 valence electrons. The van der Waals surface area contributed by atoms with Crippen LogP contribution in [-0.2, 0) is 16.1 Å². The van der Waals surface area contributed by atoms with Gasteiger partial charge in [-0.1, -0.05) is 36.8 Å². The van der Waals surface area contributed by atoms with E-state index in [2.05, 4.69) is 10.2 Å². The van der Waals surface area contributed by atoms with Crippen LogP contribution in [0.25, 0.3) is 0 Å². The molecule has 0 spiro atoms. The van der Waals surface area contributed by atoms with Crippen LogP contribution < -0.4 is 5.32 Å². The molecule has 2 heterocycles. The zero-order valence-electron chi connectivity index (χ0n) is 19.1. The molecule has 32 heavy (non-hydrogen) atoms. The molecule has 2 aliphatic heterocycles. The number of likely N-dealkylation sites (tertiary alicyclic amines) is 2. The topological polar surface area (TPSA) is 61.9 Å². The maximum Gasteiger partial charge on any atom is 0.410 e. The van der Waals surface area contributed by atoms with Crippen molar-refractivity contribution in [3.63, 3.8) is 0 Å². The molecular weight excluding hydrogens is 402 g/mol. The fourth-order valence-corrected chi connectivity index (χ4v) is 6.47. The minimum atomic E-state index is -0.205. The maximum atomic E-state index is 12.8. The van der Waals surface area contributed by atoms with Crippen molar-refractivity contribution in [3.8, 4) is 0 Å². The van der Waals surface area contributed by atoms with Gasteiger partial charge < -0.3 is 19.9 Å². The number of rotatable bonds is 5. The molecule has 2 saturated heterocycles. The summed E-state index contributed by atoms with van der Waals surface area (Å²) in [4.78, 5) is 29.6. The van der Waals surface area contributed by atoms with Crippen LogP contribution in [0.5, 0.6) is 0 Å². The summed E-state index contributed by atoms with van der Waals surface area (Å²) >= 11 is 0. The Morgan fingerprint density at radius 3 is 2.31 bits per heavy atom. The first-order valence-corrected chi connectivity index (χ1v) is 12.7. The number of piperidine rings is 2. The van der Waals surface area contributed by atoms with Gasteiger partial charge in [0.2, 0.25) is 5.91 Å². The van der Waals surface area contributed by atoms with Gasteiger partial charge >= 0.3 is 6.09 Å². The third-order valence-corrected chi connectivity index (χ3v) is 8.41. The predicted octanol–water partition coefficient (Wildman–Crippen LogP) is 3.80. The van der Waals surface area contributed by atoms with Crippen molar-refractivity contribution in [2.75, 3.05) is 26.2 Å². The standard InChI is InChI=1S/C26H37N3O3/c30-25(27-24-17-20-6-7-22(24)16-20)21-8-12-28(13-9-21)23-10-14-29(15-11-23)26(31)32-18-19-4-2-1-3-5-19/h1-5,20-24H,6-18H2,(H,27,30). The monoisotopic (exact) mass is 439 g/mol. The number of fused-ring (bicyclic) bond motifs is 2. The number of hydrogen-bond acceptors (Lipinski definition) is 4. The molecule has 2 aliphatic carbocycles. The Hall–Kier alpha value is -2.08. The SMILES string of the molecule is O=C(NC1CC2CCC1C2)C1CCN(C2CCN(C(=O)OCc3ccccc3)CC2)CC1. The molecule has 2 bridgehead atoms. The van der Waals surface area contributed by atoms with Gasteiger partial charge in [0.1, 0.15) is 6.61 Å². The molecule has 0 aromatic heterocycles.